The number of fused-ring (bicyclic) bond motifs is 1. The van der Waals surface area contributed by atoms with Crippen LogP contribution in [0.3, 0.4) is 0 Å². The standard InChI is InChI=1S/C14H12N2O/c1-10(9-15)8-14(17)12-6-7-16-13-5-3-2-4-11(12)13/h2-7,10H,8H2,1H3. The highest BCUT2D eigenvalue weighted by Gasteiger charge is 2.13. The topological polar surface area (TPSA) is 53.8 Å². The van der Waals surface area contributed by atoms with Crippen LogP contribution in [-0.4, -0.2) is 10.8 Å². The van der Waals surface area contributed by atoms with Crippen molar-refractivity contribution in [3.05, 3.63) is 42.1 Å². The summed E-state index contributed by atoms with van der Waals surface area (Å²) in [6, 6.07) is 11.3. The third-order valence-electron chi connectivity index (χ3n) is 2.66. The Hall–Kier alpha value is -2.21. The minimum atomic E-state index is -0.255. The number of aromatic nitrogens is 1. The van der Waals surface area contributed by atoms with Crippen molar-refractivity contribution in [3.63, 3.8) is 0 Å². The predicted octanol–water partition coefficient (Wildman–Crippen LogP) is 2.97. The summed E-state index contributed by atoms with van der Waals surface area (Å²) in [4.78, 5) is 16.3. The van der Waals surface area contributed by atoms with Crippen LogP contribution in [0.15, 0.2) is 36.5 Å². The lowest BCUT2D eigenvalue weighted by Crippen LogP contribution is -2.05. The van der Waals surface area contributed by atoms with Crippen molar-refractivity contribution < 1.29 is 4.79 Å². The second-order valence-electron chi connectivity index (χ2n) is 4.03. The molecule has 1 atom stereocenters. The molecule has 1 aromatic heterocycles. The van der Waals surface area contributed by atoms with Gasteiger partial charge in [-0.3, -0.25) is 9.78 Å². The third kappa shape index (κ3) is 2.31. The molecule has 84 valence electrons. The predicted molar refractivity (Wildman–Crippen MR) is 65.5 cm³/mol. The number of nitrogens with zero attached hydrogens (tertiary/aromatic N) is 2. The first kappa shape index (κ1) is 11.3. The van der Waals surface area contributed by atoms with Crippen LogP contribution in [0.1, 0.15) is 23.7 Å². The van der Waals surface area contributed by atoms with E-state index in [2.05, 4.69) is 11.1 Å². The quantitative estimate of drug-likeness (QED) is 0.753. The summed E-state index contributed by atoms with van der Waals surface area (Å²) < 4.78 is 0. The van der Waals surface area contributed by atoms with Crippen molar-refractivity contribution in [2.45, 2.75) is 13.3 Å². The number of ketones is 1. The molecule has 2 rings (SSSR count). The normalized spacial score (nSPS) is 12.0. The Morgan fingerprint density at radius 1 is 1.41 bits per heavy atom. The molecule has 0 aliphatic carbocycles. The van der Waals surface area contributed by atoms with Crippen LogP contribution in [0.25, 0.3) is 10.9 Å². The van der Waals surface area contributed by atoms with Gasteiger partial charge in [-0.2, -0.15) is 5.26 Å². The Bertz CT molecular complexity index is 593. The number of carbonyl (C=O) groups excluding carboxylic acids is 1. The van der Waals surface area contributed by atoms with Crippen LogP contribution in [0.4, 0.5) is 0 Å². The van der Waals surface area contributed by atoms with Gasteiger partial charge in [-0.1, -0.05) is 18.2 Å². The molecule has 17 heavy (non-hydrogen) atoms. The lowest BCUT2D eigenvalue weighted by atomic mass is 9.98. The second kappa shape index (κ2) is 4.75. The van der Waals surface area contributed by atoms with E-state index in [0.29, 0.717) is 5.56 Å². The minimum absolute atomic E-state index is 0.00218. The van der Waals surface area contributed by atoms with E-state index in [1.807, 2.05) is 24.3 Å². The Labute approximate surface area is 99.7 Å². The molecule has 0 bridgehead atoms. The molecule has 1 heterocycles. The fourth-order valence-corrected chi connectivity index (χ4v) is 1.77. The Balaban J connectivity index is 2.42. The summed E-state index contributed by atoms with van der Waals surface area (Å²) in [5, 5.41) is 9.58. The average Bonchev–Trinajstić information content (AvgIpc) is 2.37. The third-order valence-corrected chi connectivity index (χ3v) is 2.66. The summed E-state index contributed by atoms with van der Waals surface area (Å²) in [6.45, 7) is 1.75. The van der Waals surface area contributed by atoms with E-state index in [0.717, 1.165) is 10.9 Å². The van der Waals surface area contributed by atoms with E-state index in [9.17, 15) is 4.79 Å². The summed E-state index contributed by atoms with van der Waals surface area (Å²) >= 11 is 0. The SMILES string of the molecule is CC(C#N)CC(=O)c1ccnc2ccccc12. The molecular formula is C14H12N2O. The largest absolute Gasteiger partial charge is 0.294 e. The molecule has 1 unspecified atom stereocenters. The zero-order chi connectivity index (χ0) is 12.3. The van der Waals surface area contributed by atoms with E-state index in [4.69, 9.17) is 5.26 Å². The molecule has 0 N–H and O–H groups in total. The van der Waals surface area contributed by atoms with Crippen molar-refractivity contribution in [1.82, 2.24) is 4.98 Å². The Morgan fingerprint density at radius 2 is 2.18 bits per heavy atom. The molecule has 1 aromatic carbocycles. The maximum atomic E-state index is 12.0. The van der Waals surface area contributed by atoms with Gasteiger partial charge in [0.2, 0.25) is 0 Å². The number of rotatable bonds is 3. The zero-order valence-electron chi connectivity index (χ0n) is 9.55. The number of hydrogen-bond acceptors (Lipinski definition) is 3. The number of benzene rings is 1. The highest BCUT2D eigenvalue weighted by atomic mass is 16.1. The molecule has 0 amide bonds. The molecular weight excluding hydrogens is 212 g/mol. The highest BCUT2D eigenvalue weighted by molar-refractivity contribution is 6.07. The molecule has 0 radical (unpaired) electrons. The van der Waals surface area contributed by atoms with E-state index in [1.165, 1.54) is 0 Å². The van der Waals surface area contributed by atoms with Crippen LogP contribution in [-0.2, 0) is 0 Å². The van der Waals surface area contributed by atoms with Gasteiger partial charge in [-0.05, 0) is 19.1 Å². The minimum Gasteiger partial charge on any atom is -0.294 e. The van der Waals surface area contributed by atoms with Gasteiger partial charge < -0.3 is 0 Å². The number of Topliss-reactive ketones (excluding diaryl/α,β-unsaturated/α-hetero) is 1. The van der Waals surface area contributed by atoms with Crippen LogP contribution >= 0.6 is 0 Å². The summed E-state index contributed by atoms with van der Waals surface area (Å²) in [5.41, 5.74) is 1.46. The van der Waals surface area contributed by atoms with Crippen molar-refractivity contribution in [1.29, 1.82) is 5.26 Å². The highest BCUT2D eigenvalue weighted by Crippen LogP contribution is 2.19. The zero-order valence-corrected chi connectivity index (χ0v) is 9.55. The van der Waals surface area contributed by atoms with Gasteiger partial charge in [0, 0.05) is 23.6 Å². The smallest absolute Gasteiger partial charge is 0.164 e. The van der Waals surface area contributed by atoms with E-state index < -0.39 is 0 Å². The fraction of sp³-hybridized carbons (Fsp3) is 0.214. The average molecular weight is 224 g/mol. The Morgan fingerprint density at radius 3 is 2.94 bits per heavy atom. The molecule has 0 aliphatic rings. The molecule has 2 aromatic rings. The van der Waals surface area contributed by atoms with Crippen LogP contribution < -0.4 is 0 Å². The van der Waals surface area contributed by atoms with Crippen LogP contribution in [0, 0.1) is 17.2 Å². The first-order valence-electron chi connectivity index (χ1n) is 5.49. The fourth-order valence-electron chi connectivity index (χ4n) is 1.77. The summed E-state index contributed by atoms with van der Waals surface area (Å²) in [7, 11) is 0. The van der Waals surface area contributed by atoms with E-state index in [1.54, 1.807) is 19.2 Å². The monoisotopic (exact) mass is 224 g/mol. The summed E-state index contributed by atoms with van der Waals surface area (Å²) in [5.74, 6) is -0.257. The number of nitriles is 1. The molecule has 0 spiro atoms. The van der Waals surface area contributed by atoms with Gasteiger partial charge in [-0.25, -0.2) is 0 Å². The maximum Gasteiger partial charge on any atom is 0.164 e. The first-order valence-corrected chi connectivity index (χ1v) is 5.49. The lowest BCUT2D eigenvalue weighted by molar-refractivity contribution is 0.0974. The number of para-hydroxylation sites is 1. The molecule has 3 heteroatoms. The summed E-state index contributed by atoms with van der Waals surface area (Å²) in [6.07, 6.45) is 1.89. The number of pyridine rings is 1. The van der Waals surface area contributed by atoms with Gasteiger partial charge in [0.1, 0.15) is 0 Å². The number of hydrogen-bond donors (Lipinski definition) is 0. The molecule has 0 fully saturated rings. The molecule has 0 saturated carbocycles. The van der Waals surface area contributed by atoms with Crippen LogP contribution in [0.5, 0.6) is 0 Å². The second-order valence-corrected chi connectivity index (χ2v) is 4.03. The van der Waals surface area contributed by atoms with Crippen molar-refractivity contribution in [2.75, 3.05) is 0 Å². The van der Waals surface area contributed by atoms with Gasteiger partial charge in [-0.15, -0.1) is 0 Å². The molecule has 3 nitrogen and oxygen atoms in total. The van der Waals surface area contributed by atoms with Crippen molar-refractivity contribution >= 4 is 16.7 Å². The Kier molecular flexibility index (Phi) is 3.15. The first-order chi connectivity index (χ1) is 8.22. The van der Waals surface area contributed by atoms with Crippen molar-refractivity contribution in [3.8, 4) is 6.07 Å². The van der Waals surface area contributed by atoms with Gasteiger partial charge in [0.15, 0.2) is 5.78 Å². The van der Waals surface area contributed by atoms with Gasteiger partial charge in [0.05, 0.1) is 17.5 Å². The van der Waals surface area contributed by atoms with E-state index >= 15 is 0 Å². The van der Waals surface area contributed by atoms with Crippen molar-refractivity contribution in [2.24, 2.45) is 5.92 Å². The van der Waals surface area contributed by atoms with Crippen LogP contribution in [0.2, 0.25) is 0 Å². The van der Waals surface area contributed by atoms with E-state index in [-0.39, 0.29) is 18.1 Å². The number of carbonyl (C=O) groups is 1. The van der Waals surface area contributed by atoms with Gasteiger partial charge in [0.25, 0.3) is 0 Å². The maximum absolute atomic E-state index is 12.0. The van der Waals surface area contributed by atoms with Gasteiger partial charge >= 0.3 is 0 Å². The molecule has 0 aliphatic heterocycles. The molecule has 0 saturated heterocycles. The lowest BCUT2D eigenvalue weighted by Gasteiger charge is -2.05.